The molecular formula is C47H29N. The van der Waals surface area contributed by atoms with Crippen molar-refractivity contribution in [1.29, 1.82) is 0 Å². The van der Waals surface area contributed by atoms with Gasteiger partial charge in [0.1, 0.15) is 0 Å². The van der Waals surface area contributed by atoms with Crippen molar-refractivity contribution >= 4 is 64.9 Å². The molecule has 0 atom stereocenters. The highest BCUT2D eigenvalue weighted by Gasteiger charge is 2.23. The Balaban J connectivity index is 1.10. The van der Waals surface area contributed by atoms with Crippen LogP contribution >= 0.6 is 0 Å². The number of nitrogens with zero attached hydrogens (tertiary/aromatic N) is 1. The molecule has 0 aliphatic heterocycles. The van der Waals surface area contributed by atoms with Crippen LogP contribution < -0.4 is 0 Å². The first-order chi connectivity index (χ1) is 23.8. The average Bonchev–Trinajstić information content (AvgIpc) is 3.68. The smallest absolute Gasteiger partial charge is 0.0547 e. The maximum absolute atomic E-state index is 2.46. The molecule has 1 heteroatoms. The summed E-state index contributed by atoms with van der Waals surface area (Å²) in [6.45, 7) is 0. The lowest BCUT2D eigenvalue weighted by Gasteiger charge is -2.14. The van der Waals surface area contributed by atoms with Gasteiger partial charge in [0.2, 0.25) is 0 Å². The fraction of sp³-hybridized carbons (Fsp3) is 0.0213. The quantitative estimate of drug-likeness (QED) is 0.172. The Hall–Kier alpha value is -6.18. The molecule has 0 N–H and O–H groups in total. The highest BCUT2D eigenvalue weighted by molar-refractivity contribution is 6.25. The number of aromatic nitrogens is 1. The first-order valence-corrected chi connectivity index (χ1v) is 16.8. The van der Waals surface area contributed by atoms with Gasteiger partial charge in [-0.05, 0) is 119 Å². The molecule has 10 aromatic rings. The Bertz CT molecular complexity index is 2940. The van der Waals surface area contributed by atoms with E-state index >= 15 is 0 Å². The van der Waals surface area contributed by atoms with Gasteiger partial charge in [-0.2, -0.15) is 0 Å². The zero-order valence-electron chi connectivity index (χ0n) is 26.2. The largest absolute Gasteiger partial charge is 0.309 e. The SMILES string of the molecule is c1cc(-c2ccc3c4ccccc4c4ccccc4c3c2)c2c(c1)-c1cc(-n3c4ccccc4c4cc5ccccc5cc43)ccc1C2. The monoisotopic (exact) mass is 607 g/mol. The molecule has 9 aromatic carbocycles. The van der Waals surface area contributed by atoms with Gasteiger partial charge in [-0.15, -0.1) is 0 Å². The van der Waals surface area contributed by atoms with Gasteiger partial charge in [0.05, 0.1) is 11.0 Å². The van der Waals surface area contributed by atoms with Crippen molar-refractivity contribution in [3.05, 3.63) is 175 Å². The zero-order valence-corrected chi connectivity index (χ0v) is 26.2. The normalized spacial score (nSPS) is 12.5. The van der Waals surface area contributed by atoms with Gasteiger partial charge in [-0.25, -0.2) is 0 Å². The van der Waals surface area contributed by atoms with Crippen molar-refractivity contribution in [1.82, 2.24) is 4.57 Å². The molecule has 222 valence electrons. The molecule has 0 unspecified atom stereocenters. The first-order valence-electron chi connectivity index (χ1n) is 16.8. The molecule has 1 aromatic heterocycles. The summed E-state index contributed by atoms with van der Waals surface area (Å²) in [5, 5.41) is 13.0. The van der Waals surface area contributed by atoms with E-state index in [1.165, 1.54) is 104 Å². The van der Waals surface area contributed by atoms with Crippen LogP contribution in [0.15, 0.2) is 164 Å². The number of rotatable bonds is 2. The van der Waals surface area contributed by atoms with Crippen molar-refractivity contribution in [2.24, 2.45) is 0 Å². The second-order valence-corrected chi connectivity index (χ2v) is 13.3. The summed E-state index contributed by atoms with van der Waals surface area (Å²) < 4.78 is 2.46. The summed E-state index contributed by atoms with van der Waals surface area (Å²) in [5.74, 6) is 0. The molecule has 0 amide bonds. The van der Waals surface area contributed by atoms with Crippen molar-refractivity contribution < 1.29 is 0 Å². The van der Waals surface area contributed by atoms with Gasteiger partial charge in [0.15, 0.2) is 0 Å². The molecule has 0 fully saturated rings. The Morgan fingerprint density at radius 2 is 0.979 bits per heavy atom. The average molecular weight is 608 g/mol. The molecule has 11 rings (SSSR count). The van der Waals surface area contributed by atoms with Crippen LogP contribution in [0.4, 0.5) is 0 Å². The van der Waals surface area contributed by atoms with E-state index < -0.39 is 0 Å². The van der Waals surface area contributed by atoms with Gasteiger partial charge in [-0.1, -0.05) is 127 Å². The summed E-state index contributed by atoms with van der Waals surface area (Å²) in [4.78, 5) is 0. The second-order valence-electron chi connectivity index (χ2n) is 13.3. The summed E-state index contributed by atoms with van der Waals surface area (Å²) in [5.41, 5.74) is 11.8. The molecule has 0 bridgehead atoms. The van der Waals surface area contributed by atoms with E-state index in [0.29, 0.717) is 0 Å². The highest BCUT2D eigenvalue weighted by atomic mass is 15.0. The van der Waals surface area contributed by atoms with Crippen LogP contribution in [0.3, 0.4) is 0 Å². The van der Waals surface area contributed by atoms with E-state index in [-0.39, 0.29) is 0 Å². The molecule has 1 nitrogen and oxygen atoms in total. The number of hydrogen-bond donors (Lipinski definition) is 0. The molecule has 1 aliphatic rings. The van der Waals surface area contributed by atoms with Gasteiger partial charge in [-0.3, -0.25) is 0 Å². The Morgan fingerprint density at radius 3 is 1.75 bits per heavy atom. The summed E-state index contributed by atoms with van der Waals surface area (Å²) in [7, 11) is 0. The number of benzene rings is 9. The number of hydrogen-bond acceptors (Lipinski definition) is 0. The van der Waals surface area contributed by atoms with E-state index in [1.807, 2.05) is 0 Å². The van der Waals surface area contributed by atoms with E-state index in [1.54, 1.807) is 0 Å². The molecule has 0 spiro atoms. The van der Waals surface area contributed by atoms with Crippen LogP contribution in [-0.2, 0) is 6.42 Å². The molecule has 48 heavy (non-hydrogen) atoms. The molecule has 0 saturated heterocycles. The standard InChI is InChI=1S/C47H29N/c1-2-11-30-27-47-45(24-29(30)10-1)41-16-7-8-19-46(41)48(47)33-22-20-32-26-43-34(17-9-18-39(43)42(32)28-33)31-21-23-40-37-14-4-3-12-35(37)36-13-5-6-15-38(36)44(40)25-31/h1-25,27-28H,26H2. The summed E-state index contributed by atoms with van der Waals surface area (Å²) >= 11 is 0. The minimum Gasteiger partial charge on any atom is -0.309 e. The van der Waals surface area contributed by atoms with Crippen molar-refractivity contribution in [2.75, 3.05) is 0 Å². The Kier molecular flexibility index (Phi) is 5.23. The molecule has 0 saturated carbocycles. The van der Waals surface area contributed by atoms with E-state index in [2.05, 4.69) is 168 Å². The van der Waals surface area contributed by atoms with Gasteiger partial charge >= 0.3 is 0 Å². The maximum Gasteiger partial charge on any atom is 0.0547 e. The fourth-order valence-corrected chi connectivity index (χ4v) is 8.61. The van der Waals surface area contributed by atoms with E-state index in [0.717, 1.165) is 6.42 Å². The highest BCUT2D eigenvalue weighted by Crippen LogP contribution is 2.45. The Morgan fingerprint density at radius 1 is 0.354 bits per heavy atom. The first kappa shape index (κ1) is 25.9. The van der Waals surface area contributed by atoms with Crippen LogP contribution in [0.25, 0.3) is 92.8 Å². The molecule has 0 radical (unpaired) electrons. The topological polar surface area (TPSA) is 4.93 Å². The van der Waals surface area contributed by atoms with Gasteiger partial charge in [0.25, 0.3) is 0 Å². The number of para-hydroxylation sites is 1. The van der Waals surface area contributed by atoms with Crippen LogP contribution in [0.5, 0.6) is 0 Å². The van der Waals surface area contributed by atoms with Crippen LogP contribution in [-0.4, -0.2) is 4.57 Å². The predicted molar refractivity (Wildman–Crippen MR) is 204 cm³/mol. The minimum atomic E-state index is 0.940. The third-order valence-electron chi connectivity index (χ3n) is 10.8. The number of fused-ring (bicyclic) bond motifs is 13. The third kappa shape index (κ3) is 3.56. The van der Waals surface area contributed by atoms with Gasteiger partial charge < -0.3 is 4.57 Å². The van der Waals surface area contributed by atoms with E-state index in [4.69, 9.17) is 0 Å². The second kappa shape index (κ2) is 9.67. The van der Waals surface area contributed by atoms with Crippen LogP contribution in [0.1, 0.15) is 11.1 Å². The minimum absolute atomic E-state index is 0.940. The summed E-state index contributed by atoms with van der Waals surface area (Å²) in [6.07, 6.45) is 0.940. The van der Waals surface area contributed by atoms with Crippen molar-refractivity contribution in [3.8, 4) is 27.9 Å². The Labute approximate surface area is 277 Å². The fourth-order valence-electron chi connectivity index (χ4n) is 8.61. The predicted octanol–water partition coefficient (Wildman–Crippen LogP) is 12.6. The molecular weight excluding hydrogens is 579 g/mol. The lowest BCUT2D eigenvalue weighted by Crippen LogP contribution is -1.95. The van der Waals surface area contributed by atoms with Crippen molar-refractivity contribution in [2.45, 2.75) is 6.42 Å². The molecule has 1 heterocycles. The lowest BCUT2D eigenvalue weighted by atomic mass is 9.90. The maximum atomic E-state index is 2.46. The van der Waals surface area contributed by atoms with Crippen LogP contribution in [0, 0.1) is 0 Å². The molecule has 1 aliphatic carbocycles. The lowest BCUT2D eigenvalue weighted by molar-refractivity contribution is 1.17. The van der Waals surface area contributed by atoms with Crippen molar-refractivity contribution in [3.63, 3.8) is 0 Å². The summed E-state index contributed by atoms with van der Waals surface area (Å²) in [6, 6.07) is 61.0. The van der Waals surface area contributed by atoms with Crippen LogP contribution in [0.2, 0.25) is 0 Å². The zero-order chi connectivity index (χ0) is 31.3. The van der Waals surface area contributed by atoms with E-state index in [9.17, 15) is 0 Å². The van der Waals surface area contributed by atoms with Gasteiger partial charge in [0, 0.05) is 16.5 Å². The third-order valence-corrected chi connectivity index (χ3v) is 10.8.